The van der Waals surface area contributed by atoms with Gasteiger partial charge in [-0.1, -0.05) is 42.5 Å². The van der Waals surface area contributed by atoms with E-state index in [0.717, 1.165) is 5.56 Å². The Morgan fingerprint density at radius 3 is 2.28 bits per heavy atom. The molecule has 5 heteroatoms. The lowest BCUT2D eigenvalue weighted by Crippen LogP contribution is -2.51. The SMILES string of the molecule is Cl.O[C@H]1[C@H](O)[C@@H](NCc2ccccc2)C=C[C@H]1O. The van der Waals surface area contributed by atoms with E-state index in [0.29, 0.717) is 6.54 Å². The van der Waals surface area contributed by atoms with Gasteiger partial charge in [0.1, 0.15) is 18.3 Å². The number of nitrogens with one attached hydrogen (secondary N) is 1. The molecule has 0 heterocycles. The van der Waals surface area contributed by atoms with E-state index >= 15 is 0 Å². The summed E-state index contributed by atoms with van der Waals surface area (Å²) in [7, 11) is 0. The van der Waals surface area contributed by atoms with Crippen molar-refractivity contribution >= 4 is 12.4 Å². The number of aliphatic hydroxyl groups excluding tert-OH is 3. The first kappa shape index (κ1) is 15.1. The van der Waals surface area contributed by atoms with Crippen LogP contribution >= 0.6 is 12.4 Å². The Morgan fingerprint density at radius 1 is 0.944 bits per heavy atom. The second-order valence-electron chi connectivity index (χ2n) is 4.25. The van der Waals surface area contributed by atoms with Crippen molar-refractivity contribution in [1.29, 1.82) is 0 Å². The predicted molar refractivity (Wildman–Crippen MR) is 71.5 cm³/mol. The van der Waals surface area contributed by atoms with E-state index in [2.05, 4.69) is 5.32 Å². The van der Waals surface area contributed by atoms with Gasteiger partial charge in [-0.15, -0.1) is 12.4 Å². The van der Waals surface area contributed by atoms with Crippen LogP contribution in [0.4, 0.5) is 0 Å². The van der Waals surface area contributed by atoms with Gasteiger partial charge in [0.15, 0.2) is 0 Å². The molecule has 1 aromatic carbocycles. The molecule has 0 bridgehead atoms. The van der Waals surface area contributed by atoms with Crippen molar-refractivity contribution in [2.24, 2.45) is 0 Å². The topological polar surface area (TPSA) is 72.7 Å². The van der Waals surface area contributed by atoms with E-state index in [1.807, 2.05) is 30.3 Å². The maximum atomic E-state index is 9.76. The Hall–Kier alpha value is -0.910. The molecule has 4 atom stereocenters. The molecule has 4 nitrogen and oxygen atoms in total. The second kappa shape index (κ2) is 6.87. The minimum absolute atomic E-state index is 0. The summed E-state index contributed by atoms with van der Waals surface area (Å²) in [5.41, 5.74) is 1.11. The summed E-state index contributed by atoms with van der Waals surface area (Å²) in [5, 5.41) is 31.7. The average molecular weight is 272 g/mol. The van der Waals surface area contributed by atoms with Gasteiger partial charge in [0.25, 0.3) is 0 Å². The molecule has 0 radical (unpaired) electrons. The van der Waals surface area contributed by atoms with Crippen molar-refractivity contribution in [1.82, 2.24) is 5.32 Å². The molecule has 1 aliphatic carbocycles. The first-order chi connectivity index (χ1) is 8.18. The van der Waals surface area contributed by atoms with Gasteiger partial charge < -0.3 is 20.6 Å². The van der Waals surface area contributed by atoms with Crippen LogP contribution in [0.3, 0.4) is 0 Å². The Kier molecular flexibility index (Phi) is 5.78. The van der Waals surface area contributed by atoms with Crippen LogP contribution in [0.1, 0.15) is 5.56 Å². The molecule has 1 aliphatic rings. The highest BCUT2D eigenvalue weighted by atomic mass is 35.5. The van der Waals surface area contributed by atoms with Crippen LogP contribution in [0.25, 0.3) is 0 Å². The van der Waals surface area contributed by atoms with Crippen LogP contribution in [-0.4, -0.2) is 39.7 Å². The van der Waals surface area contributed by atoms with Crippen LogP contribution in [0.2, 0.25) is 0 Å². The van der Waals surface area contributed by atoms with E-state index in [9.17, 15) is 15.3 Å². The smallest absolute Gasteiger partial charge is 0.111 e. The van der Waals surface area contributed by atoms with E-state index < -0.39 is 18.3 Å². The zero-order valence-electron chi connectivity index (χ0n) is 9.81. The lowest BCUT2D eigenvalue weighted by molar-refractivity contribution is -0.0567. The quantitative estimate of drug-likeness (QED) is 0.594. The van der Waals surface area contributed by atoms with Crippen molar-refractivity contribution in [3.05, 3.63) is 48.0 Å². The predicted octanol–water partition coefficient (Wildman–Crippen LogP) is 0.219. The molecule has 0 spiro atoms. The monoisotopic (exact) mass is 271 g/mol. The molecule has 0 aromatic heterocycles. The van der Waals surface area contributed by atoms with Crippen LogP contribution in [-0.2, 0) is 6.54 Å². The molecular weight excluding hydrogens is 254 g/mol. The van der Waals surface area contributed by atoms with Crippen molar-refractivity contribution < 1.29 is 15.3 Å². The molecule has 18 heavy (non-hydrogen) atoms. The maximum absolute atomic E-state index is 9.76. The Bertz CT molecular complexity index is 385. The minimum atomic E-state index is -1.13. The fraction of sp³-hybridized carbons (Fsp3) is 0.385. The highest BCUT2D eigenvalue weighted by Crippen LogP contribution is 2.14. The van der Waals surface area contributed by atoms with E-state index in [1.54, 1.807) is 6.08 Å². The number of halogens is 1. The zero-order chi connectivity index (χ0) is 12.3. The van der Waals surface area contributed by atoms with Gasteiger partial charge >= 0.3 is 0 Å². The Balaban J connectivity index is 0.00000162. The maximum Gasteiger partial charge on any atom is 0.111 e. The molecule has 0 saturated carbocycles. The minimum Gasteiger partial charge on any atom is -0.388 e. The third-order valence-electron chi connectivity index (χ3n) is 2.97. The molecule has 0 saturated heterocycles. The van der Waals surface area contributed by atoms with Crippen LogP contribution in [0, 0.1) is 0 Å². The van der Waals surface area contributed by atoms with Gasteiger partial charge in [-0.3, -0.25) is 0 Å². The van der Waals surface area contributed by atoms with Gasteiger partial charge in [0, 0.05) is 6.54 Å². The Morgan fingerprint density at radius 2 is 1.61 bits per heavy atom. The van der Waals surface area contributed by atoms with Crippen molar-refractivity contribution in [3.63, 3.8) is 0 Å². The standard InChI is InChI=1S/C13H17NO3.ClH/c15-11-7-6-10(12(16)13(11)17)14-8-9-4-2-1-3-5-9;/h1-7,10-17H,8H2;1H/t10-,11+,12+,13+;/m0./s1. The third-order valence-corrected chi connectivity index (χ3v) is 2.97. The average Bonchev–Trinajstić information content (AvgIpc) is 2.36. The van der Waals surface area contributed by atoms with Crippen molar-refractivity contribution in [2.75, 3.05) is 0 Å². The lowest BCUT2D eigenvalue weighted by atomic mass is 9.94. The normalized spacial score (nSPS) is 30.8. The van der Waals surface area contributed by atoms with Gasteiger partial charge in [-0.2, -0.15) is 0 Å². The molecule has 1 aromatic rings. The van der Waals surface area contributed by atoms with E-state index in [4.69, 9.17) is 0 Å². The van der Waals surface area contributed by atoms with Gasteiger partial charge in [0.05, 0.1) is 6.04 Å². The summed E-state index contributed by atoms with van der Waals surface area (Å²) in [6.07, 6.45) is 0.0807. The highest BCUT2D eigenvalue weighted by molar-refractivity contribution is 5.85. The molecule has 0 aliphatic heterocycles. The fourth-order valence-corrected chi connectivity index (χ4v) is 1.90. The molecule has 2 rings (SSSR count). The van der Waals surface area contributed by atoms with Crippen molar-refractivity contribution in [3.8, 4) is 0 Å². The summed E-state index contributed by atoms with van der Waals surface area (Å²) >= 11 is 0. The van der Waals surface area contributed by atoms with Gasteiger partial charge in [-0.05, 0) is 5.56 Å². The summed E-state index contributed by atoms with van der Waals surface area (Å²) in [6.45, 7) is 0.607. The molecule has 4 N–H and O–H groups in total. The number of aliphatic hydroxyl groups is 3. The van der Waals surface area contributed by atoms with Gasteiger partial charge in [0.2, 0.25) is 0 Å². The highest BCUT2D eigenvalue weighted by Gasteiger charge is 2.32. The van der Waals surface area contributed by atoms with E-state index in [-0.39, 0.29) is 18.4 Å². The molecule has 0 amide bonds. The van der Waals surface area contributed by atoms with E-state index in [1.165, 1.54) is 6.08 Å². The molecule has 0 fully saturated rings. The summed E-state index contributed by atoms with van der Waals surface area (Å²) in [4.78, 5) is 0. The van der Waals surface area contributed by atoms with Crippen LogP contribution < -0.4 is 5.32 Å². The van der Waals surface area contributed by atoms with Gasteiger partial charge in [-0.25, -0.2) is 0 Å². The summed E-state index contributed by atoms with van der Waals surface area (Å²) < 4.78 is 0. The number of hydrogen-bond acceptors (Lipinski definition) is 4. The first-order valence-corrected chi connectivity index (χ1v) is 5.68. The summed E-state index contributed by atoms with van der Waals surface area (Å²) in [5.74, 6) is 0. The fourth-order valence-electron chi connectivity index (χ4n) is 1.90. The van der Waals surface area contributed by atoms with Crippen LogP contribution in [0.5, 0.6) is 0 Å². The largest absolute Gasteiger partial charge is 0.388 e. The first-order valence-electron chi connectivity index (χ1n) is 5.68. The molecular formula is C13H18ClNO3. The number of hydrogen-bond donors (Lipinski definition) is 4. The lowest BCUT2D eigenvalue weighted by Gasteiger charge is -2.31. The number of rotatable bonds is 3. The Labute approximate surface area is 112 Å². The second-order valence-corrected chi connectivity index (χ2v) is 4.25. The molecule has 100 valence electrons. The number of benzene rings is 1. The third kappa shape index (κ3) is 3.54. The van der Waals surface area contributed by atoms with Crippen molar-refractivity contribution in [2.45, 2.75) is 30.9 Å². The van der Waals surface area contributed by atoms with Crippen LogP contribution in [0.15, 0.2) is 42.5 Å². The summed E-state index contributed by atoms with van der Waals surface area (Å²) in [6, 6.07) is 9.47. The molecule has 0 unspecified atom stereocenters. The zero-order valence-corrected chi connectivity index (χ0v) is 10.6.